The van der Waals surface area contributed by atoms with Crippen molar-refractivity contribution in [3.8, 4) is 0 Å². The smallest absolute Gasteiger partial charge is 0.244 e. The fraction of sp³-hybridized carbons (Fsp3) is 0.105. The van der Waals surface area contributed by atoms with Gasteiger partial charge in [-0.1, -0.05) is 145 Å². The molecule has 5 aromatic carbocycles. The highest BCUT2D eigenvalue weighted by Gasteiger charge is 2.34. The number of hydrogen-bond acceptors (Lipinski definition) is 3. The maximum Gasteiger partial charge on any atom is 0.244 e. The van der Waals surface area contributed by atoms with Gasteiger partial charge in [-0.25, -0.2) is 8.42 Å². The van der Waals surface area contributed by atoms with Gasteiger partial charge in [0.2, 0.25) is 10.0 Å². The number of rotatable bonds is 12. The van der Waals surface area contributed by atoms with Crippen LogP contribution in [0.25, 0.3) is 0 Å². The first-order valence-electron chi connectivity index (χ1n) is 14.5. The van der Waals surface area contributed by atoms with Gasteiger partial charge in [-0.05, 0) is 59.6 Å². The molecule has 1 unspecified atom stereocenters. The largest absolute Gasteiger partial charge is 0.293 e. The summed E-state index contributed by atoms with van der Waals surface area (Å²) in [7, 11) is -4.07. The summed E-state index contributed by atoms with van der Waals surface area (Å²) in [6.45, 7) is 2.89. The number of Topliss-reactive ketones (excluding diaryl/α,β-unsaturated/α-hetero) is 1. The molecule has 5 aromatic rings. The predicted octanol–water partition coefficient (Wildman–Crippen LogP) is 6.67. The van der Waals surface area contributed by atoms with Crippen LogP contribution in [0.15, 0.2) is 163 Å². The monoisotopic (exact) mass is 617 g/mol. The zero-order valence-electron chi connectivity index (χ0n) is 24.7. The second-order valence-electron chi connectivity index (χ2n) is 10.6. The summed E-state index contributed by atoms with van der Waals surface area (Å²) in [5.74, 6) is 1.54. The molecule has 1 atom stereocenters. The third kappa shape index (κ3) is 6.61. The van der Waals surface area contributed by atoms with E-state index in [1.807, 2.05) is 91.9 Å². The lowest BCUT2D eigenvalue weighted by Gasteiger charge is -2.32. The Morgan fingerprint density at radius 3 is 1.57 bits per heavy atom. The highest BCUT2D eigenvalue weighted by Crippen LogP contribution is 2.44. The number of benzene rings is 5. The lowest BCUT2D eigenvalue weighted by atomic mass is 10.0. The molecule has 222 valence electrons. The van der Waals surface area contributed by atoms with Crippen molar-refractivity contribution in [1.82, 2.24) is 4.31 Å². The van der Waals surface area contributed by atoms with E-state index in [4.69, 9.17) is 0 Å². The molecule has 0 radical (unpaired) electrons. The zero-order chi connectivity index (χ0) is 31.0. The molecule has 6 heteroatoms. The van der Waals surface area contributed by atoms with E-state index in [0.29, 0.717) is 6.42 Å². The van der Waals surface area contributed by atoms with Crippen LogP contribution in [0.1, 0.15) is 23.6 Å². The van der Waals surface area contributed by atoms with Gasteiger partial charge in [0.15, 0.2) is 5.78 Å². The maximum absolute atomic E-state index is 14.5. The van der Waals surface area contributed by atoms with Gasteiger partial charge in [0, 0.05) is 0 Å². The first kappa shape index (κ1) is 31.2. The lowest BCUT2D eigenvalue weighted by molar-refractivity contribution is -0.112. The molecule has 0 aliphatic carbocycles. The van der Waals surface area contributed by atoms with Crippen molar-refractivity contribution in [3.63, 3.8) is 0 Å². The highest BCUT2D eigenvalue weighted by atomic mass is 32.2. The second-order valence-corrected chi connectivity index (χ2v) is 15.8. The van der Waals surface area contributed by atoms with Crippen LogP contribution in [0.4, 0.5) is 0 Å². The molecule has 4 nitrogen and oxygen atoms in total. The maximum atomic E-state index is 14.5. The molecule has 0 saturated carbocycles. The molecule has 5 rings (SSSR count). The number of aryl methyl sites for hydroxylation is 1. The standard InChI is InChI=1S/C38H36NO3PS/c1-3-16-38(32-17-8-4-9-18-32)39(44(41,42)37-27-25-31(2)26-28-37)29-33(40)30-43(34-19-10-5-11-20-34,35-21-12-6-13-22-35)36-23-14-7-15-24-36/h3-15,17-28,30,38H,1,16,29H2,2H3. The van der Waals surface area contributed by atoms with E-state index in [1.165, 1.54) is 4.31 Å². The summed E-state index contributed by atoms with van der Waals surface area (Å²) in [6.07, 6.45) is 2.05. The zero-order valence-corrected chi connectivity index (χ0v) is 26.4. The van der Waals surface area contributed by atoms with Crippen LogP contribution in [0.5, 0.6) is 0 Å². The van der Waals surface area contributed by atoms with Crippen molar-refractivity contribution in [2.75, 3.05) is 6.54 Å². The number of hydrogen-bond donors (Lipinski definition) is 0. The first-order valence-corrected chi connectivity index (χ1v) is 17.8. The van der Waals surface area contributed by atoms with Crippen LogP contribution < -0.4 is 15.9 Å². The first-order chi connectivity index (χ1) is 21.4. The number of sulfonamides is 1. The fourth-order valence-electron chi connectivity index (χ4n) is 5.53. The molecule has 0 aliphatic rings. The van der Waals surface area contributed by atoms with Crippen LogP contribution in [0.3, 0.4) is 0 Å². The van der Waals surface area contributed by atoms with Gasteiger partial charge in [-0.15, -0.1) is 6.58 Å². The average molecular weight is 618 g/mol. The summed E-state index contributed by atoms with van der Waals surface area (Å²) in [5.41, 5.74) is 1.75. The summed E-state index contributed by atoms with van der Waals surface area (Å²) >= 11 is 0. The Labute approximate surface area is 261 Å². The Morgan fingerprint density at radius 1 is 0.705 bits per heavy atom. The van der Waals surface area contributed by atoms with Crippen LogP contribution in [0, 0.1) is 6.92 Å². The van der Waals surface area contributed by atoms with E-state index in [9.17, 15) is 13.2 Å². The molecule has 44 heavy (non-hydrogen) atoms. The molecule has 0 fully saturated rings. The Balaban J connectivity index is 1.72. The van der Waals surface area contributed by atoms with Crippen molar-refractivity contribution >= 4 is 44.4 Å². The fourth-order valence-corrected chi connectivity index (χ4v) is 10.9. The number of ketones is 1. The van der Waals surface area contributed by atoms with Crippen molar-refractivity contribution in [2.45, 2.75) is 24.3 Å². The number of carbonyl (C=O) groups is 1. The topological polar surface area (TPSA) is 54.5 Å². The highest BCUT2D eigenvalue weighted by molar-refractivity contribution is 7.95. The molecule has 0 saturated heterocycles. The van der Waals surface area contributed by atoms with Crippen molar-refractivity contribution in [1.29, 1.82) is 0 Å². The molecule has 0 aliphatic heterocycles. The molecule has 0 spiro atoms. The van der Waals surface area contributed by atoms with E-state index in [-0.39, 0.29) is 17.2 Å². The quantitative estimate of drug-likeness (QED) is 0.116. The molecular formula is C38H36NO3PS. The van der Waals surface area contributed by atoms with Gasteiger partial charge in [0.25, 0.3) is 0 Å². The summed E-state index contributed by atoms with van der Waals surface area (Å²) in [4.78, 5) is 14.7. The third-order valence-electron chi connectivity index (χ3n) is 7.69. The molecule has 0 amide bonds. The minimum absolute atomic E-state index is 0.149. The van der Waals surface area contributed by atoms with Crippen LogP contribution in [0.2, 0.25) is 0 Å². The number of nitrogens with zero attached hydrogens (tertiary/aromatic N) is 1. The molecule has 0 aromatic heterocycles. The van der Waals surface area contributed by atoms with E-state index >= 15 is 0 Å². The molecule has 0 bridgehead atoms. The Kier molecular flexibility index (Phi) is 9.92. The molecule has 0 N–H and O–H groups in total. The summed E-state index contributed by atoms with van der Waals surface area (Å²) < 4.78 is 30.1. The second kappa shape index (κ2) is 14.0. The van der Waals surface area contributed by atoms with Crippen LogP contribution in [-0.2, 0) is 14.8 Å². The van der Waals surface area contributed by atoms with Gasteiger partial charge in [0.1, 0.15) is 0 Å². The van der Waals surface area contributed by atoms with Crippen molar-refractivity contribution < 1.29 is 13.2 Å². The van der Waals surface area contributed by atoms with Crippen LogP contribution >= 0.6 is 6.89 Å². The molecule has 0 heterocycles. The van der Waals surface area contributed by atoms with Gasteiger partial charge >= 0.3 is 0 Å². The van der Waals surface area contributed by atoms with Gasteiger partial charge in [-0.3, -0.25) is 4.79 Å². The Morgan fingerprint density at radius 2 is 1.14 bits per heavy atom. The SMILES string of the molecule is C=CCC(c1ccccc1)N(CC(=O)C=P(c1ccccc1)(c1ccccc1)c1ccccc1)S(=O)(=O)c1ccc(C)cc1. The van der Waals surface area contributed by atoms with E-state index in [1.54, 1.807) is 36.1 Å². The minimum atomic E-state index is -4.07. The average Bonchev–Trinajstić information content (AvgIpc) is 3.07. The van der Waals surface area contributed by atoms with Gasteiger partial charge < -0.3 is 0 Å². The van der Waals surface area contributed by atoms with Crippen molar-refractivity contribution in [3.05, 3.63) is 169 Å². The van der Waals surface area contributed by atoms with Crippen LogP contribution in [-0.4, -0.2) is 30.8 Å². The van der Waals surface area contributed by atoms with Gasteiger partial charge in [-0.2, -0.15) is 4.31 Å². The minimum Gasteiger partial charge on any atom is -0.293 e. The van der Waals surface area contributed by atoms with E-state index in [2.05, 4.69) is 43.0 Å². The Hall–Kier alpha value is -4.28. The van der Waals surface area contributed by atoms with E-state index in [0.717, 1.165) is 27.0 Å². The third-order valence-corrected chi connectivity index (χ3v) is 13.6. The Bertz CT molecular complexity index is 1750. The predicted molar refractivity (Wildman–Crippen MR) is 185 cm³/mol. The van der Waals surface area contributed by atoms with Gasteiger partial charge in [0.05, 0.1) is 17.5 Å². The summed E-state index contributed by atoms with van der Waals surface area (Å²) in [5, 5.41) is 3.05. The number of carbonyl (C=O) groups excluding carboxylic acids is 1. The van der Waals surface area contributed by atoms with Crippen molar-refractivity contribution in [2.24, 2.45) is 0 Å². The lowest BCUT2D eigenvalue weighted by Crippen LogP contribution is -2.40. The van der Waals surface area contributed by atoms with E-state index < -0.39 is 23.0 Å². The normalized spacial score (nSPS) is 12.4. The summed E-state index contributed by atoms with van der Waals surface area (Å²) in [6, 6.07) is 45.8. The molecular weight excluding hydrogens is 581 g/mol.